The van der Waals surface area contributed by atoms with Crippen LogP contribution in [0.3, 0.4) is 0 Å². The number of hydrogen-bond donors (Lipinski definition) is 0. The summed E-state index contributed by atoms with van der Waals surface area (Å²) >= 11 is 0. The molecule has 2 aromatic carbocycles. The summed E-state index contributed by atoms with van der Waals surface area (Å²) < 4.78 is 5.71. The molecule has 29 heavy (non-hydrogen) atoms. The molecular formula is C25H30N2O2. The molecule has 3 rings (SSSR count). The van der Waals surface area contributed by atoms with Gasteiger partial charge in [-0.2, -0.15) is 0 Å². The molecule has 3 aromatic rings. The van der Waals surface area contributed by atoms with Gasteiger partial charge >= 0.3 is 0 Å². The summed E-state index contributed by atoms with van der Waals surface area (Å²) in [5.74, 6) is 1.32. The van der Waals surface area contributed by atoms with Crippen LogP contribution in [0.25, 0.3) is 0 Å². The van der Waals surface area contributed by atoms with Crippen molar-refractivity contribution in [2.45, 2.75) is 32.2 Å². The first-order chi connectivity index (χ1) is 14.0. The smallest absolute Gasteiger partial charge is 0.219 e. The van der Waals surface area contributed by atoms with E-state index < -0.39 is 0 Å². The second kappa shape index (κ2) is 9.97. The second-order valence-electron chi connectivity index (χ2n) is 7.69. The lowest BCUT2D eigenvalue weighted by Crippen LogP contribution is -2.30. The van der Waals surface area contributed by atoms with Gasteiger partial charge in [0.15, 0.2) is 0 Å². The van der Waals surface area contributed by atoms with Crippen molar-refractivity contribution in [3.8, 4) is 0 Å². The number of rotatable bonds is 9. The molecule has 1 heterocycles. The molecule has 4 heteroatoms. The van der Waals surface area contributed by atoms with Crippen molar-refractivity contribution in [2.24, 2.45) is 0 Å². The van der Waals surface area contributed by atoms with Gasteiger partial charge in [-0.25, -0.2) is 0 Å². The fraction of sp³-hybridized carbons (Fsp3) is 0.320. The third-order valence-electron chi connectivity index (χ3n) is 5.29. The van der Waals surface area contributed by atoms with E-state index in [-0.39, 0.29) is 11.8 Å². The largest absolute Gasteiger partial charge is 0.469 e. The van der Waals surface area contributed by atoms with E-state index in [2.05, 4.69) is 53.4 Å². The van der Waals surface area contributed by atoms with Crippen LogP contribution in [0.1, 0.15) is 36.1 Å². The minimum absolute atomic E-state index is 0.0968. The first kappa shape index (κ1) is 20.7. The minimum atomic E-state index is 0.0968. The topological polar surface area (TPSA) is 36.7 Å². The lowest BCUT2D eigenvalue weighted by molar-refractivity contribution is -0.129. The molecule has 0 bridgehead atoms. The highest BCUT2D eigenvalue weighted by atomic mass is 16.3. The first-order valence-electron chi connectivity index (χ1n) is 10.1. The maximum absolute atomic E-state index is 12.3. The van der Waals surface area contributed by atoms with Crippen LogP contribution in [0.5, 0.6) is 0 Å². The number of carbonyl (C=O) groups is 1. The Bertz CT molecular complexity index is 871. The van der Waals surface area contributed by atoms with Gasteiger partial charge in [0, 0.05) is 45.7 Å². The molecular weight excluding hydrogens is 360 g/mol. The Hall–Kier alpha value is -3.01. The van der Waals surface area contributed by atoms with Gasteiger partial charge in [0.2, 0.25) is 5.91 Å². The Morgan fingerprint density at radius 1 is 0.931 bits per heavy atom. The van der Waals surface area contributed by atoms with Gasteiger partial charge < -0.3 is 14.2 Å². The monoisotopic (exact) mass is 390 g/mol. The summed E-state index contributed by atoms with van der Waals surface area (Å²) in [5, 5.41) is 0. The average molecular weight is 391 g/mol. The SMILES string of the molecule is CC(=O)N(CCC(Cc1ccccc1)c1ccco1)Cc1ccc(N(C)C)cc1. The summed E-state index contributed by atoms with van der Waals surface area (Å²) in [6.07, 6.45) is 3.48. The van der Waals surface area contributed by atoms with Crippen LogP contribution in [0.4, 0.5) is 5.69 Å². The molecule has 0 aliphatic heterocycles. The average Bonchev–Trinajstić information content (AvgIpc) is 3.25. The van der Waals surface area contributed by atoms with Crippen molar-refractivity contribution >= 4 is 11.6 Å². The van der Waals surface area contributed by atoms with Crippen molar-refractivity contribution in [3.05, 3.63) is 89.9 Å². The maximum atomic E-state index is 12.3. The van der Waals surface area contributed by atoms with Gasteiger partial charge in [-0.1, -0.05) is 42.5 Å². The van der Waals surface area contributed by atoms with Gasteiger partial charge in [-0.3, -0.25) is 4.79 Å². The maximum Gasteiger partial charge on any atom is 0.219 e. The molecule has 0 N–H and O–H groups in total. The van der Waals surface area contributed by atoms with Gasteiger partial charge in [0.25, 0.3) is 0 Å². The molecule has 0 aliphatic rings. The summed E-state index contributed by atoms with van der Waals surface area (Å²) in [7, 11) is 4.05. The highest BCUT2D eigenvalue weighted by molar-refractivity contribution is 5.73. The van der Waals surface area contributed by atoms with Crippen molar-refractivity contribution < 1.29 is 9.21 Å². The predicted molar refractivity (Wildman–Crippen MR) is 118 cm³/mol. The van der Waals surface area contributed by atoms with E-state index in [1.165, 1.54) is 5.56 Å². The zero-order valence-corrected chi connectivity index (χ0v) is 17.5. The second-order valence-corrected chi connectivity index (χ2v) is 7.69. The molecule has 1 unspecified atom stereocenters. The predicted octanol–water partition coefficient (Wildman–Crippen LogP) is 5.11. The number of amides is 1. The summed E-state index contributed by atoms with van der Waals surface area (Å²) in [5.41, 5.74) is 3.58. The lowest BCUT2D eigenvalue weighted by Gasteiger charge is -2.24. The molecule has 0 saturated carbocycles. The number of hydrogen-bond acceptors (Lipinski definition) is 3. The summed E-state index contributed by atoms with van der Waals surface area (Å²) in [6, 6.07) is 22.8. The Morgan fingerprint density at radius 3 is 2.24 bits per heavy atom. The minimum Gasteiger partial charge on any atom is -0.469 e. The van der Waals surface area contributed by atoms with E-state index in [0.717, 1.165) is 29.9 Å². The van der Waals surface area contributed by atoms with Gasteiger partial charge in [-0.15, -0.1) is 0 Å². The molecule has 1 amide bonds. The van der Waals surface area contributed by atoms with E-state index >= 15 is 0 Å². The standard InChI is InChI=1S/C25H30N2O2/c1-20(28)27(19-22-11-13-24(14-12-22)26(2)3)16-15-23(25-10-7-17-29-25)18-21-8-5-4-6-9-21/h4-14,17,23H,15-16,18-19H2,1-3H3. The number of furan rings is 1. The Morgan fingerprint density at radius 2 is 1.66 bits per heavy atom. The fourth-order valence-electron chi connectivity index (χ4n) is 3.55. The lowest BCUT2D eigenvalue weighted by atomic mass is 9.93. The van der Waals surface area contributed by atoms with Gasteiger partial charge in [-0.05, 0) is 48.2 Å². The van der Waals surface area contributed by atoms with E-state index in [4.69, 9.17) is 4.42 Å². The van der Waals surface area contributed by atoms with E-state index in [9.17, 15) is 4.79 Å². The third kappa shape index (κ3) is 5.98. The van der Waals surface area contributed by atoms with Crippen LogP contribution < -0.4 is 4.90 Å². The van der Waals surface area contributed by atoms with E-state index in [1.54, 1.807) is 13.2 Å². The molecule has 0 radical (unpaired) electrons. The molecule has 0 saturated heterocycles. The van der Waals surface area contributed by atoms with E-state index in [0.29, 0.717) is 13.1 Å². The highest BCUT2D eigenvalue weighted by Crippen LogP contribution is 2.26. The van der Waals surface area contributed by atoms with Crippen LogP contribution in [0.15, 0.2) is 77.4 Å². The van der Waals surface area contributed by atoms with Crippen molar-refractivity contribution in [3.63, 3.8) is 0 Å². The number of anilines is 1. The fourth-order valence-corrected chi connectivity index (χ4v) is 3.55. The van der Waals surface area contributed by atoms with Crippen LogP contribution in [-0.4, -0.2) is 31.4 Å². The Balaban J connectivity index is 1.67. The van der Waals surface area contributed by atoms with Crippen LogP contribution in [0, 0.1) is 0 Å². The molecule has 1 atom stereocenters. The number of carbonyl (C=O) groups excluding carboxylic acids is 1. The molecule has 0 aliphatic carbocycles. The zero-order valence-electron chi connectivity index (χ0n) is 17.5. The normalized spacial score (nSPS) is 11.8. The zero-order chi connectivity index (χ0) is 20.6. The van der Waals surface area contributed by atoms with Crippen molar-refractivity contribution in [1.29, 1.82) is 0 Å². The molecule has 152 valence electrons. The quantitative estimate of drug-likeness (QED) is 0.509. The summed E-state index contributed by atoms with van der Waals surface area (Å²) in [6.45, 7) is 2.97. The third-order valence-corrected chi connectivity index (χ3v) is 5.29. The van der Waals surface area contributed by atoms with Gasteiger partial charge in [0.1, 0.15) is 5.76 Å². The molecule has 4 nitrogen and oxygen atoms in total. The number of benzene rings is 2. The molecule has 0 fully saturated rings. The first-order valence-corrected chi connectivity index (χ1v) is 10.1. The van der Waals surface area contributed by atoms with Crippen molar-refractivity contribution in [1.82, 2.24) is 4.90 Å². The number of nitrogens with zero attached hydrogens (tertiary/aromatic N) is 2. The highest BCUT2D eigenvalue weighted by Gasteiger charge is 2.18. The van der Waals surface area contributed by atoms with Crippen molar-refractivity contribution in [2.75, 3.05) is 25.5 Å². The van der Waals surface area contributed by atoms with Crippen LogP contribution in [0.2, 0.25) is 0 Å². The molecule has 0 spiro atoms. The van der Waals surface area contributed by atoms with Gasteiger partial charge in [0.05, 0.1) is 6.26 Å². The van der Waals surface area contributed by atoms with E-state index in [1.807, 2.05) is 37.2 Å². The Kier molecular flexibility index (Phi) is 7.12. The Labute approximate surface area is 173 Å². The molecule has 1 aromatic heterocycles. The van der Waals surface area contributed by atoms with Crippen LogP contribution >= 0.6 is 0 Å². The van der Waals surface area contributed by atoms with Crippen LogP contribution in [-0.2, 0) is 17.8 Å². The summed E-state index contributed by atoms with van der Waals surface area (Å²) in [4.78, 5) is 16.3.